The summed E-state index contributed by atoms with van der Waals surface area (Å²) in [7, 11) is 0. The summed E-state index contributed by atoms with van der Waals surface area (Å²) in [5.41, 5.74) is 2.02. The van der Waals surface area contributed by atoms with Crippen molar-refractivity contribution in [3.63, 3.8) is 0 Å². The molecule has 3 aliphatic rings. The maximum atomic E-state index is 11.9. The molecule has 6 heteroatoms. The highest BCUT2D eigenvalue weighted by Gasteiger charge is 2.36. The Labute approximate surface area is 182 Å². The third-order valence-corrected chi connectivity index (χ3v) is 7.45. The van der Waals surface area contributed by atoms with Gasteiger partial charge in [-0.05, 0) is 74.4 Å². The highest BCUT2D eigenvalue weighted by atomic mass is 32.2. The molecular formula is C24H29N3O2S. The minimum atomic E-state index is -0.425. The van der Waals surface area contributed by atoms with E-state index in [-0.39, 0.29) is 5.91 Å². The van der Waals surface area contributed by atoms with Crippen LogP contribution in [0.15, 0.2) is 53.4 Å². The second kappa shape index (κ2) is 8.61. The van der Waals surface area contributed by atoms with Gasteiger partial charge in [-0.25, -0.2) is 4.31 Å². The molecule has 1 N–H and O–H groups in total. The predicted molar refractivity (Wildman–Crippen MR) is 121 cm³/mol. The van der Waals surface area contributed by atoms with Gasteiger partial charge in [0.2, 0.25) is 0 Å². The fourth-order valence-electron chi connectivity index (χ4n) is 4.32. The number of nitrogens with zero attached hydrogens (tertiary/aromatic N) is 2. The topological polar surface area (TPSA) is 44.8 Å². The maximum Gasteiger partial charge on any atom is 0.265 e. The van der Waals surface area contributed by atoms with Crippen LogP contribution < -0.4 is 10.1 Å². The third-order valence-electron chi connectivity index (χ3n) is 6.16. The van der Waals surface area contributed by atoms with Gasteiger partial charge >= 0.3 is 0 Å². The first-order chi connectivity index (χ1) is 14.7. The molecule has 1 aliphatic carbocycles. The van der Waals surface area contributed by atoms with Gasteiger partial charge < -0.3 is 10.1 Å². The van der Waals surface area contributed by atoms with Crippen LogP contribution in [0.25, 0.3) is 0 Å². The van der Waals surface area contributed by atoms with Crippen molar-refractivity contribution in [3.05, 3.63) is 54.1 Å². The van der Waals surface area contributed by atoms with Crippen LogP contribution in [0.5, 0.6) is 5.75 Å². The number of amides is 1. The summed E-state index contributed by atoms with van der Waals surface area (Å²) in [6.07, 6.45) is 4.66. The highest BCUT2D eigenvalue weighted by molar-refractivity contribution is 7.97. The SMILES string of the molecule is CC1Oc2ccc(CN3CCC(N(Sc4ccccc4)C4CC4)CC3)cc2NC1=O. The molecule has 0 bridgehead atoms. The van der Waals surface area contributed by atoms with E-state index in [1.807, 2.05) is 18.0 Å². The molecule has 5 rings (SSSR count). The number of nitrogens with one attached hydrogen (secondary N) is 1. The third kappa shape index (κ3) is 4.51. The number of piperidine rings is 1. The number of benzene rings is 2. The van der Waals surface area contributed by atoms with E-state index in [0.717, 1.165) is 37.1 Å². The summed E-state index contributed by atoms with van der Waals surface area (Å²) in [4.78, 5) is 15.8. The lowest BCUT2D eigenvalue weighted by Gasteiger charge is -2.38. The summed E-state index contributed by atoms with van der Waals surface area (Å²) in [5.74, 6) is 0.694. The minimum Gasteiger partial charge on any atom is -0.479 e. The quantitative estimate of drug-likeness (QED) is 0.691. The van der Waals surface area contributed by atoms with Crippen LogP contribution in [0.3, 0.4) is 0 Å². The average molecular weight is 424 g/mol. The van der Waals surface area contributed by atoms with E-state index < -0.39 is 6.10 Å². The Morgan fingerprint density at radius 2 is 1.80 bits per heavy atom. The molecule has 158 valence electrons. The molecule has 2 aromatic carbocycles. The number of likely N-dealkylation sites (tertiary alicyclic amines) is 1. The zero-order valence-corrected chi connectivity index (χ0v) is 18.2. The molecule has 0 aromatic heterocycles. The molecule has 1 saturated carbocycles. The number of anilines is 1. The summed E-state index contributed by atoms with van der Waals surface area (Å²) in [6, 6.07) is 18.3. The van der Waals surface area contributed by atoms with Crippen molar-refractivity contribution in [3.8, 4) is 5.75 Å². The van der Waals surface area contributed by atoms with Gasteiger partial charge in [0.15, 0.2) is 6.10 Å². The number of rotatable bonds is 6. The molecule has 2 aliphatic heterocycles. The van der Waals surface area contributed by atoms with E-state index in [1.165, 1.54) is 36.1 Å². The van der Waals surface area contributed by atoms with Crippen molar-refractivity contribution in [2.75, 3.05) is 18.4 Å². The number of carbonyl (C=O) groups excluding carboxylic acids is 1. The van der Waals surface area contributed by atoms with Gasteiger partial charge in [-0.3, -0.25) is 9.69 Å². The molecule has 2 fully saturated rings. The van der Waals surface area contributed by atoms with Crippen LogP contribution in [0.1, 0.15) is 38.2 Å². The van der Waals surface area contributed by atoms with E-state index in [2.05, 4.69) is 57.0 Å². The van der Waals surface area contributed by atoms with E-state index in [4.69, 9.17) is 4.74 Å². The molecule has 1 saturated heterocycles. The van der Waals surface area contributed by atoms with Crippen LogP contribution in [0.2, 0.25) is 0 Å². The first kappa shape index (κ1) is 19.9. The summed E-state index contributed by atoms with van der Waals surface area (Å²) >= 11 is 1.95. The number of fused-ring (bicyclic) bond motifs is 1. The molecule has 2 heterocycles. The Hall–Kier alpha value is -2.02. The van der Waals surface area contributed by atoms with Gasteiger partial charge in [0.25, 0.3) is 5.91 Å². The molecule has 1 atom stereocenters. The Morgan fingerprint density at radius 1 is 1.07 bits per heavy atom. The number of hydrogen-bond acceptors (Lipinski definition) is 5. The lowest BCUT2D eigenvalue weighted by atomic mass is 10.0. The molecular weight excluding hydrogens is 394 g/mol. The van der Waals surface area contributed by atoms with Crippen LogP contribution in [-0.2, 0) is 11.3 Å². The first-order valence-corrected chi connectivity index (χ1v) is 11.8. The van der Waals surface area contributed by atoms with Crippen molar-refractivity contribution >= 4 is 23.5 Å². The van der Waals surface area contributed by atoms with Crippen molar-refractivity contribution in [2.24, 2.45) is 0 Å². The minimum absolute atomic E-state index is 0.0726. The number of hydrogen-bond donors (Lipinski definition) is 1. The predicted octanol–water partition coefficient (Wildman–Crippen LogP) is 4.54. The molecule has 0 spiro atoms. The van der Waals surface area contributed by atoms with Gasteiger partial charge in [-0.1, -0.05) is 24.3 Å². The zero-order valence-electron chi connectivity index (χ0n) is 17.4. The molecule has 0 radical (unpaired) electrons. The van der Waals surface area contributed by atoms with Gasteiger partial charge in [0.1, 0.15) is 5.75 Å². The number of ether oxygens (including phenoxy) is 1. The zero-order chi connectivity index (χ0) is 20.5. The average Bonchev–Trinajstić information content (AvgIpc) is 3.60. The molecule has 2 aromatic rings. The van der Waals surface area contributed by atoms with Crippen LogP contribution in [-0.4, -0.2) is 46.4 Å². The lowest BCUT2D eigenvalue weighted by Crippen LogP contribution is -2.42. The monoisotopic (exact) mass is 423 g/mol. The molecule has 1 amide bonds. The summed E-state index contributed by atoms with van der Waals surface area (Å²) in [5, 5.41) is 2.96. The largest absolute Gasteiger partial charge is 0.479 e. The Balaban J connectivity index is 1.18. The van der Waals surface area contributed by atoms with Crippen molar-refractivity contribution in [2.45, 2.75) is 62.2 Å². The molecule has 5 nitrogen and oxygen atoms in total. The smallest absolute Gasteiger partial charge is 0.265 e. The first-order valence-electron chi connectivity index (χ1n) is 11.0. The number of carbonyl (C=O) groups is 1. The fraction of sp³-hybridized carbons (Fsp3) is 0.458. The Morgan fingerprint density at radius 3 is 2.53 bits per heavy atom. The maximum absolute atomic E-state index is 11.9. The molecule has 1 unspecified atom stereocenters. The Bertz CT molecular complexity index is 895. The highest BCUT2D eigenvalue weighted by Crippen LogP contribution is 2.40. The second-order valence-corrected chi connectivity index (χ2v) is 9.66. The van der Waals surface area contributed by atoms with Gasteiger partial charge in [0.05, 0.1) is 5.69 Å². The van der Waals surface area contributed by atoms with Gasteiger partial charge in [-0.15, -0.1) is 0 Å². The van der Waals surface area contributed by atoms with Gasteiger partial charge in [0, 0.05) is 36.6 Å². The molecule has 30 heavy (non-hydrogen) atoms. The van der Waals surface area contributed by atoms with Crippen LogP contribution in [0.4, 0.5) is 5.69 Å². The van der Waals surface area contributed by atoms with E-state index in [9.17, 15) is 4.79 Å². The normalized spacial score (nSPS) is 22.5. The fourth-order valence-corrected chi connectivity index (χ4v) is 5.57. The van der Waals surface area contributed by atoms with Crippen molar-refractivity contribution < 1.29 is 9.53 Å². The Kier molecular flexibility index (Phi) is 5.72. The van der Waals surface area contributed by atoms with Gasteiger partial charge in [-0.2, -0.15) is 0 Å². The van der Waals surface area contributed by atoms with E-state index >= 15 is 0 Å². The standard InChI is InChI=1S/C24H29N3O2S/c1-17-24(28)25-22-15-18(7-10-23(22)29-17)16-26-13-11-20(12-14-26)27(19-8-9-19)30-21-5-3-2-4-6-21/h2-7,10,15,17,19-20H,8-9,11-14,16H2,1H3,(H,25,28). The van der Waals surface area contributed by atoms with Crippen LogP contribution in [0, 0.1) is 0 Å². The van der Waals surface area contributed by atoms with Crippen LogP contribution >= 0.6 is 11.9 Å². The summed E-state index contributed by atoms with van der Waals surface area (Å²) in [6.45, 7) is 4.92. The van der Waals surface area contributed by atoms with Crippen molar-refractivity contribution in [1.82, 2.24) is 9.21 Å². The van der Waals surface area contributed by atoms with E-state index in [0.29, 0.717) is 6.04 Å². The van der Waals surface area contributed by atoms with E-state index in [1.54, 1.807) is 6.92 Å². The second-order valence-electron chi connectivity index (χ2n) is 8.58. The van der Waals surface area contributed by atoms with Crippen molar-refractivity contribution in [1.29, 1.82) is 0 Å². The summed E-state index contributed by atoms with van der Waals surface area (Å²) < 4.78 is 8.35. The lowest BCUT2D eigenvalue weighted by molar-refractivity contribution is -0.122.